The predicted molar refractivity (Wildman–Crippen MR) is 80.1 cm³/mol. The summed E-state index contributed by atoms with van der Waals surface area (Å²) in [7, 11) is -3.37. The van der Waals surface area contributed by atoms with Gasteiger partial charge in [-0.1, -0.05) is 26.0 Å². The molecule has 1 aromatic carbocycles. The number of sulfonamides is 1. The lowest BCUT2D eigenvalue weighted by molar-refractivity contribution is 0.551. The fourth-order valence-electron chi connectivity index (χ4n) is 1.67. The summed E-state index contributed by atoms with van der Waals surface area (Å²) in [6, 6.07) is 7.01. The third kappa shape index (κ3) is 5.93. The zero-order valence-corrected chi connectivity index (χ0v) is 13.1. The van der Waals surface area contributed by atoms with E-state index in [1.807, 2.05) is 12.1 Å². The van der Waals surface area contributed by atoms with Crippen molar-refractivity contribution in [3.05, 3.63) is 29.8 Å². The Bertz CT molecular complexity index is 469. The molecule has 0 aliphatic heterocycles. The molecule has 0 atom stereocenters. The normalized spacial score (nSPS) is 12.0. The van der Waals surface area contributed by atoms with E-state index in [0.717, 1.165) is 24.8 Å². The summed E-state index contributed by atoms with van der Waals surface area (Å²) in [5.41, 5.74) is 1.11. The van der Waals surface area contributed by atoms with E-state index in [9.17, 15) is 8.42 Å². The van der Waals surface area contributed by atoms with Crippen LogP contribution >= 0.6 is 11.6 Å². The van der Waals surface area contributed by atoms with Gasteiger partial charge in [0.2, 0.25) is 10.0 Å². The number of rotatable bonds is 8. The molecule has 0 bridgehead atoms. The third-order valence-corrected chi connectivity index (χ3v) is 4.59. The average Bonchev–Trinajstić information content (AvgIpc) is 2.36. The van der Waals surface area contributed by atoms with Gasteiger partial charge in [0.15, 0.2) is 0 Å². The average molecular weight is 304 g/mol. The molecule has 0 radical (unpaired) electrons. The second kappa shape index (κ2) is 7.88. The van der Waals surface area contributed by atoms with Crippen molar-refractivity contribution in [1.29, 1.82) is 0 Å². The summed E-state index contributed by atoms with van der Waals surface area (Å²) in [5.74, 6) is 1.11. The van der Waals surface area contributed by atoms with Gasteiger partial charge in [0.05, 0.1) is 4.90 Å². The predicted octanol–water partition coefficient (Wildman–Crippen LogP) is 3.18. The molecule has 0 saturated carbocycles. The molecule has 0 heterocycles. The van der Waals surface area contributed by atoms with Crippen molar-refractivity contribution in [2.75, 3.05) is 12.4 Å². The van der Waals surface area contributed by atoms with Crippen molar-refractivity contribution >= 4 is 21.6 Å². The minimum absolute atomic E-state index is 0.325. The number of nitrogens with one attached hydrogen (secondary N) is 1. The van der Waals surface area contributed by atoms with Crippen LogP contribution in [0.15, 0.2) is 29.2 Å². The van der Waals surface area contributed by atoms with Crippen LogP contribution in [0.25, 0.3) is 0 Å². The molecule has 3 nitrogen and oxygen atoms in total. The van der Waals surface area contributed by atoms with Gasteiger partial charge in [0, 0.05) is 12.4 Å². The van der Waals surface area contributed by atoms with Crippen LogP contribution in [0.5, 0.6) is 0 Å². The fourth-order valence-corrected chi connectivity index (χ4v) is 2.85. The summed E-state index contributed by atoms with van der Waals surface area (Å²) >= 11 is 5.63. The van der Waals surface area contributed by atoms with E-state index in [2.05, 4.69) is 18.6 Å². The number of hydrogen-bond acceptors (Lipinski definition) is 2. The minimum atomic E-state index is -3.37. The number of benzene rings is 1. The number of hydrogen-bond donors (Lipinski definition) is 1. The van der Waals surface area contributed by atoms with Crippen molar-refractivity contribution in [2.24, 2.45) is 5.92 Å². The van der Waals surface area contributed by atoms with Crippen LogP contribution in [0.3, 0.4) is 0 Å². The molecule has 19 heavy (non-hydrogen) atoms. The lowest BCUT2D eigenvalue weighted by Crippen LogP contribution is -2.25. The number of aryl methyl sites for hydroxylation is 1. The van der Waals surface area contributed by atoms with Crippen LogP contribution in [-0.4, -0.2) is 20.8 Å². The molecular weight excluding hydrogens is 282 g/mol. The topological polar surface area (TPSA) is 46.2 Å². The fraction of sp³-hybridized carbons (Fsp3) is 0.571. The van der Waals surface area contributed by atoms with Crippen LogP contribution in [0.4, 0.5) is 0 Å². The second-order valence-electron chi connectivity index (χ2n) is 5.02. The first-order valence-corrected chi connectivity index (χ1v) is 8.62. The zero-order chi connectivity index (χ0) is 14.3. The summed E-state index contributed by atoms with van der Waals surface area (Å²) in [6.07, 6.45) is 2.62. The summed E-state index contributed by atoms with van der Waals surface area (Å²) < 4.78 is 26.6. The molecule has 0 amide bonds. The summed E-state index contributed by atoms with van der Waals surface area (Å²) in [4.78, 5) is 0.325. The monoisotopic (exact) mass is 303 g/mol. The molecule has 1 rings (SSSR count). The third-order valence-electron chi connectivity index (χ3n) is 2.85. The largest absolute Gasteiger partial charge is 0.240 e. The van der Waals surface area contributed by atoms with Crippen molar-refractivity contribution in [1.82, 2.24) is 4.72 Å². The number of alkyl halides is 1. The Balaban J connectivity index is 2.63. The molecule has 0 aliphatic rings. The van der Waals surface area contributed by atoms with Gasteiger partial charge in [0.25, 0.3) is 0 Å². The van der Waals surface area contributed by atoms with E-state index < -0.39 is 10.0 Å². The first kappa shape index (κ1) is 16.5. The van der Waals surface area contributed by atoms with Gasteiger partial charge < -0.3 is 0 Å². The van der Waals surface area contributed by atoms with E-state index in [4.69, 9.17) is 11.6 Å². The van der Waals surface area contributed by atoms with E-state index >= 15 is 0 Å². The highest BCUT2D eigenvalue weighted by Gasteiger charge is 2.13. The maximum atomic E-state index is 12.0. The van der Waals surface area contributed by atoms with Gasteiger partial charge >= 0.3 is 0 Å². The molecule has 1 aromatic rings. The molecule has 0 spiro atoms. The highest BCUT2D eigenvalue weighted by Crippen LogP contribution is 2.12. The van der Waals surface area contributed by atoms with Crippen LogP contribution < -0.4 is 4.72 Å². The first-order valence-electron chi connectivity index (χ1n) is 6.60. The molecule has 0 aliphatic carbocycles. The highest BCUT2D eigenvalue weighted by molar-refractivity contribution is 7.89. The highest BCUT2D eigenvalue weighted by atomic mass is 35.5. The lowest BCUT2D eigenvalue weighted by atomic mass is 10.1. The van der Waals surface area contributed by atoms with Crippen LogP contribution in [0.2, 0.25) is 0 Å². The maximum absolute atomic E-state index is 12.0. The van der Waals surface area contributed by atoms with E-state index in [0.29, 0.717) is 23.2 Å². The van der Waals surface area contributed by atoms with E-state index in [-0.39, 0.29) is 0 Å². The Morgan fingerprint density at radius 3 is 2.37 bits per heavy atom. The molecule has 0 fully saturated rings. The zero-order valence-electron chi connectivity index (χ0n) is 11.5. The number of halogens is 1. The standard InChI is InChI=1S/C14H22ClNO2S/c1-12(2)9-11-16-19(17,18)14-7-5-13(6-8-14)4-3-10-15/h5-8,12,16H,3-4,9-11H2,1-2H3. The summed E-state index contributed by atoms with van der Waals surface area (Å²) in [6.45, 7) is 4.62. The first-order chi connectivity index (χ1) is 8.95. The van der Waals surface area contributed by atoms with Gasteiger partial charge in [-0.15, -0.1) is 11.6 Å². The smallest absolute Gasteiger partial charge is 0.211 e. The minimum Gasteiger partial charge on any atom is -0.211 e. The molecule has 108 valence electrons. The van der Waals surface area contributed by atoms with E-state index in [1.54, 1.807) is 12.1 Å². The molecule has 1 N–H and O–H groups in total. The second-order valence-corrected chi connectivity index (χ2v) is 7.16. The SMILES string of the molecule is CC(C)CCNS(=O)(=O)c1ccc(CCCCl)cc1. The van der Waals surface area contributed by atoms with Gasteiger partial charge in [-0.2, -0.15) is 0 Å². The van der Waals surface area contributed by atoms with Gasteiger partial charge in [-0.05, 0) is 42.9 Å². The van der Waals surface area contributed by atoms with Crippen molar-refractivity contribution < 1.29 is 8.42 Å². The Kier molecular flexibility index (Phi) is 6.83. The quantitative estimate of drug-likeness (QED) is 0.750. The van der Waals surface area contributed by atoms with Gasteiger partial charge in [-0.25, -0.2) is 13.1 Å². The summed E-state index contributed by atoms with van der Waals surface area (Å²) in [5, 5.41) is 0. The lowest BCUT2D eigenvalue weighted by Gasteiger charge is -2.09. The Morgan fingerprint density at radius 2 is 1.84 bits per heavy atom. The molecule has 0 aromatic heterocycles. The van der Waals surface area contributed by atoms with Gasteiger partial charge in [-0.3, -0.25) is 0 Å². The van der Waals surface area contributed by atoms with E-state index in [1.165, 1.54) is 0 Å². The van der Waals surface area contributed by atoms with Crippen LogP contribution in [0, 0.1) is 5.92 Å². The molecule has 0 saturated heterocycles. The van der Waals surface area contributed by atoms with Crippen molar-refractivity contribution in [3.63, 3.8) is 0 Å². The maximum Gasteiger partial charge on any atom is 0.240 e. The Hall–Kier alpha value is -0.580. The molecule has 0 unspecified atom stereocenters. The van der Waals surface area contributed by atoms with Crippen molar-refractivity contribution in [3.8, 4) is 0 Å². The molecular formula is C14H22ClNO2S. The Morgan fingerprint density at radius 1 is 1.21 bits per heavy atom. The van der Waals surface area contributed by atoms with Gasteiger partial charge in [0.1, 0.15) is 0 Å². The Labute approximate surface area is 121 Å². The van der Waals surface area contributed by atoms with Crippen molar-refractivity contribution in [2.45, 2.75) is 38.0 Å². The van der Waals surface area contributed by atoms with Crippen LogP contribution in [0.1, 0.15) is 32.3 Å². The van der Waals surface area contributed by atoms with Crippen LogP contribution in [-0.2, 0) is 16.4 Å². The molecule has 5 heteroatoms.